The highest BCUT2D eigenvalue weighted by molar-refractivity contribution is 7.15. The van der Waals surface area contributed by atoms with Gasteiger partial charge in [-0.2, -0.15) is 0 Å². The lowest BCUT2D eigenvalue weighted by atomic mass is 10.2. The van der Waals surface area contributed by atoms with Crippen LogP contribution < -0.4 is 10.5 Å². The maximum absolute atomic E-state index is 11.5. The van der Waals surface area contributed by atoms with E-state index in [9.17, 15) is 4.79 Å². The van der Waals surface area contributed by atoms with Crippen molar-refractivity contribution in [2.75, 3.05) is 12.8 Å². The molecule has 0 aliphatic heterocycles. The highest BCUT2D eigenvalue weighted by atomic mass is 32.1. The molecule has 0 saturated heterocycles. The minimum Gasteiger partial charge on any atom is -0.497 e. The van der Waals surface area contributed by atoms with E-state index in [1.54, 1.807) is 30.1 Å². The van der Waals surface area contributed by atoms with Crippen LogP contribution in [-0.2, 0) is 24.2 Å². The molecule has 0 unspecified atom stereocenters. The Morgan fingerprint density at radius 3 is 2.43 bits per heavy atom. The molecule has 0 aliphatic carbocycles. The monoisotopic (exact) mass is 489 g/mol. The van der Waals surface area contributed by atoms with Gasteiger partial charge in [-0.15, -0.1) is 23.0 Å². The number of methoxy groups -OCH3 is 1. The zero-order valence-electron chi connectivity index (χ0n) is 20.4. The molecule has 0 bridgehead atoms. The van der Waals surface area contributed by atoms with Crippen molar-refractivity contribution in [3.63, 3.8) is 0 Å². The molecule has 0 atom stereocenters. The fourth-order valence-corrected chi connectivity index (χ4v) is 4.33. The number of thiazole rings is 1. The lowest BCUT2D eigenvalue weighted by molar-refractivity contribution is -0.117. The molecule has 2 aromatic heterocycles. The quantitative estimate of drug-likeness (QED) is 0.307. The summed E-state index contributed by atoms with van der Waals surface area (Å²) in [5, 5.41) is 5.17. The Morgan fingerprint density at radius 1 is 1.11 bits per heavy atom. The third kappa shape index (κ3) is 7.10. The lowest BCUT2D eigenvalue weighted by Crippen LogP contribution is -2.09. The summed E-state index contributed by atoms with van der Waals surface area (Å²) in [6, 6.07) is 17.3. The van der Waals surface area contributed by atoms with Gasteiger partial charge in [-0.3, -0.25) is 4.79 Å². The van der Waals surface area contributed by atoms with Crippen LogP contribution in [-0.4, -0.2) is 32.6 Å². The van der Waals surface area contributed by atoms with E-state index in [0.29, 0.717) is 16.8 Å². The first kappa shape index (κ1) is 25.8. The summed E-state index contributed by atoms with van der Waals surface area (Å²) in [7, 11) is 1.63. The van der Waals surface area contributed by atoms with E-state index in [1.165, 1.54) is 4.88 Å². The number of nitrogens with zero attached hydrogens (tertiary/aromatic N) is 4. The maximum Gasteiger partial charge on any atom is 0.181 e. The number of allylic oxidation sites excluding steroid dienone is 1. The van der Waals surface area contributed by atoms with Gasteiger partial charge in [-0.1, -0.05) is 49.8 Å². The first-order valence-corrected chi connectivity index (χ1v) is 12.3. The molecule has 4 aromatic rings. The van der Waals surface area contributed by atoms with Gasteiger partial charge < -0.3 is 10.5 Å². The lowest BCUT2D eigenvalue weighted by Gasteiger charge is -2.02. The number of ether oxygens (including phenoxy) is 1. The number of anilines is 1. The largest absolute Gasteiger partial charge is 0.497 e. The van der Waals surface area contributed by atoms with Crippen LogP contribution in [0.5, 0.6) is 5.75 Å². The smallest absolute Gasteiger partial charge is 0.181 e. The Labute approximate surface area is 210 Å². The van der Waals surface area contributed by atoms with Crippen LogP contribution in [0.3, 0.4) is 0 Å². The van der Waals surface area contributed by atoms with Gasteiger partial charge in [-0.05, 0) is 37.6 Å². The van der Waals surface area contributed by atoms with Crippen molar-refractivity contribution >= 4 is 22.3 Å². The van der Waals surface area contributed by atoms with Gasteiger partial charge in [0.1, 0.15) is 12.3 Å². The SMILES string of the molecule is C=CCc1sc(N)nc1CCC.COc1ccc(-c2nc(-c3ccccc3)n(CC(C)=O)n2)cc1. The number of nitrogen functional groups attached to an aromatic ring is 1. The second-order valence-electron chi connectivity index (χ2n) is 7.88. The van der Waals surface area contributed by atoms with Gasteiger partial charge in [-0.25, -0.2) is 14.6 Å². The molecule has 35 heavy (non-hydrogen) atoms. The second-order valence-corrected chi connectivity index (χ2v) is 8.99. The van der Waals surface area contributed by atoms with E-state index >= 15 is 0 Å². The molecule has 8 heteroatoms. The summed E-state index contributed by atoms with van der Waals surface area (Å²) in [4.78, 5) is 21.7. The number of aryl methyl sites for hydroxylation is 1. The van der Waals surface area contributed by atoms with Crippen molar-refractivity contribution < 1.29 is 9.53 Å². The summed E-state index contributed by atoms with van der Waals surface area (Å²) in [5.74, 6) is 2.09. The second kappa shape index (κ2) is 12.6. The summed E-state index contributed by atoms with van der Waals surface area (Å²) >= 11 is 1.57. The summed E-state index contributed by atoms with van der Waals surface area (Å²) < 4.78 is 6.82. The molecular weight excluding hydrogens is 458 g/mol. The van der Waals surface area contributed by atoms with Gasteiger partial charge in [0.15, 0.2) is 22.6 Å². The number of benzene rings is 2. The van der Waals surface area contributed by atoms with E-state index in [4.69, 9.17) is 10.5 Å². The fourth-order valence-electron chi connectivity index (χ4n) is 3.45. The van der Waals surface area contributed by atoms with Gasteiger partial charge >= 0.3 is 0 Å². The molecule has 0 fully saturated rings. The van der Waals surface area contributed by atoms with E-state index in [2.05, 4.69) is 28.6 Å². The van der Waals surface area contributed by atoms with Gasteiger partial charge in [0.05, 0.1) is 12.8 Å². The summed E-state index contributed by atoms with van der Waals surface area (Å²) in [6.45, 7) is 7.60. The summed E-state index contributed by atoms with van der Waals surface area (Å²) in [5.41, 5.74) is 8.58. The number of carbonyl (C=O) groups is 1. The van der Waals surface area contributed by atoms with E-state index in [0.717, 1.165) is 41.8 Å². The Bertz CT molecular complexity index is 1250. The fraction of sp³-hybridized carbons (Fsp3) is 0.259. The molecule has 4 rings (SSSR count). The minimum absolute atomic E-state index is 0.0355. The Kier molecular flexibility index (Phi) is 9.31. The van der Waals surface area contributed by atoms with E-state index in [-0.39, 0.29) is 12.3 Å². The predicted octanol–water partition coefficient (Wildman–Crippen LogP) is 5.62. The zero-order chi connectivity index (χ0) is 25.2. The third-order valence-electron chi connectivity index (χ3n) is 5.04. The highest BCUT2D eigenvalue weighted by Crippen LogP contribution is 2.24. The Morgan fingerprint density at radius 2 is 1.83 bits per heavy atom. The first-order chi connectivity index (χ1) is 16.9. The molecule has 2 N–H and O–H groups in total. The van der Waals surface area contributed by atoms with Crippen molar-refractivity contribution in [2.45, 2.75) is 39.7 Å². The average molecular weight is 490 g/mol. The predicted molar refractivity (Wildman–Crippen MR) is 143 cm³/mol. The molecule has 2 heterocycles. The minimum atomic E-state index is 0.0355. The maximum atomic E-state index is 11.5. The highest BCUT2D eigenvalue weighted by Gasteiger charge is 2.14. The molecule has 7 nitrogen and oxygen atoms in total. The molecule has 0 saturated carbocycles. The molecule has 0 aliphatic rings. The number of ketones is 1. The van der Waals surface area contributed by atoms with Crippen LogP contribution in [0.15, 0.2) is 67.3 Å². The number of nitrogens with two attached hydrogens (primary N) is 1. The molecule has 182 valence electrons. The van der Waals surface area contributed by atoms with Gasteiger partial charge in [0.25, 0.3) is 0 Å². The molecule has 2 aromatic carbocycles. The topological polar surface area (TPSA) is 95.9 Å². The Hall–Kier alpha value is -3.78. The number of aromatic nitrogens is 4. The van der Waals surface area contributed by atoms with E-state index < -0.39 is 0 Å². The van der Waals surface area contributed by atoms with Crippen LogP contribution in [0.25, 0.3) is 22.8 Å². The van der Waals surface area contributed by atoms with Crippen molar-refractivity contribution in [3.8, 4) is 28.5 Å². The standard InChI is InChI=1S/C18H17N3O2.C9H14N2S/c1-13(22)12-21-18(15-6-4-3-5-7-15)19-17(20-21)14-8-10-16(23-2)11-9-14;1-3-5-7-8(6-4-2)12-9(10)11-7/h3-11H,12H2,1-2H3;4H,2-3,5-6H2,1H3,(H2,10,11). The number of rotatable bonds is 9. The van der Waals surface area contributed by atoms with Crippen LogP contribution in [0.1, 0.15) is 30.8 Å². The first-order valence-electron chi connectivity index (χ1n) is 11.4. The molecular formula is C27H31N5O2S. The summed E-state index contributed by atoms with van der Waals surface area (Å²) in [6.07, 6.45) is 4.93. The normalized spacial score (nSPS) is 10.4. The number of hydrogen-bond acceptors (Lipinski definition) is 7. The van der Waals surface area contributed by atoms with Crippen molar-refractivity contribution in [1.29, 1.82) is 0 Å². The number of Topliss-reactive ketones (excluding diaryl/α,β-unsaturated/α-hetero) is 1. The van der Waals surface area contributed by atoms with Gasteiger partial charge in [0, 0.05) is 22.4 Å². The van der Waals surface area contributed by atoms with E-state index in [1.807, 2.05) is 60.7 Å². The van der Waals surface area contributed by atoms with Crippen molar-refractivity contribution in [3.05, 3.63) is 77.8 Å². The number of carbonyl (C=O) groups excluding carboxylic acids is 1. The van der Waals surface area contributed by atoms with Crippen LogP contribution in [0.4, 0.5) is 5.13 Å². The van der Waals surface area contributed by atoms with Crippen molar-refractivity contribution in [2.24, 2.45) is 0 Å². The van der Waals surface area contributed by atoms with Crippen LogP contribution >= 0.6 is 11.3 Å². The number of hydrogen-bond donors (Lipinski definition) is 1. The van der Waals surface area contributed by atoms with Gasteiger partial charge in [0.2, 0.25) is 0 Å². The average Bonchev–Trinajstić information content (AvgIpc) is 3.43. The Balaban J connectivity index is 0.000000241. The molecule has 0 amide bonds. The van der Waals surface area contributed by atoms with Crippen molar-refractivity contribution in [1.82, 2.24) is 19.7 Å². The third-order valence-corrected chi connectivity index (χ3v) is 5.98. The van der Waals surface area contributed by atoms with Crippen LogP contribution in [0, 0.1) is 0 Å². The zero-order valence-corrected chi connectivity index (χ0v) is 21.2. The molecule has 0 radical (unpaired) electrons. The molecule has 0 spiro atoms. The van der Waals surface area contributed by atoms with Crippen LogP contribution in [0.2, 0.25) is 0 Å².